The van der Waals surface area contributed by atoms with Gasteiger partial charge in [-0.15, -0.1) is 15.3 Å². The van der Waals surface area contributed by atoms with E-state index >= 15 is 0 Å². The van der Waals surface area contributed by atoms with Gasteiger partial charge >= 0.3 is 0 Å². The van der Waals surface area contributed by atoms with E-state index < -0.39 is 0 Å². The van der Waals surface area contributed by atoms with E-state index in [0.717, 1.165) is 29.3 Å². The zero-order chi connectivity index (χ0) is 19.5. The molecule has 0 saturated heterocycles. The van der Waals surface area contributed by atoms with Crippen LogP contribution in [0, 0.1) is 0 Å². The SMILES string of the molecule is CCC(C)c1ccc(Nc2ccc3nnc(Cc4ccc(O)cc4)n3n2)cc1. The Kier molecular flexibility index (Phi) is 4.93. The number of hydrogen-bond donors (Lipinski definition) is 2. The molecule has 0 spiro atoms. The number of anilines is 2. The van der Waals surface area contributed by atoms with E-state index in [1.54, 1.807) is 16.6 Å². The molecule has 1 unspecified atom stereocenters. The van der Waals surface area contributed by atoms with Gasteiger partial charge in [-0.1, -0.05) is 38.1 Å². The fraction of sp³-hybridized carbons (Fsp3) is 0.227. The molecular formula is C22H23N5O. The van der Waals surface area contributed by atoms with Crippen molar-refractivity contribution in [1.29, 1.82) is 0 Å². The largest absolute Gasteiger partial charge is 0.508 e. The van der Waals surface area contributed by atoms with E-state index in [9.17, 15) is 5.11 Å². The van der Waals surface area contributed by atoms with Crippen LogP contribution >= 0.6 is 0 Å². The van der Waals surface area contributed by atoms with Crippen molar-refractivity contribution in [1.82, 2.24) is 19.8 Å². The van der Waals surface area contributed by atoms with Crippen molar-refractivity contribution in [3.05, 3.63) is 77.6 Å². The number of hydrogen-bond acceptors (Lipinski definition) is 5. The Hall–Kier alpha value is -3.41. The van der Waals surface area contributed by atoms with Gasteiger partial charge in [0.1, 0.15) is 5.75 Å². The van der Waals surface area contributed by atoms with Crippen molar-refractivity contribution < 1.29 is 5.11 Å². The van der Waals surface area contributed by atoms with Crippen LogP contribution in [0.2, 0.25) is 0 Å². The first-order chi connectivity index (χ1) is 13.6. The van der Waals surface area contributed by atoms with Gasteiger partial charge in [-0.05, 0) is 59.9 Å². The molecule has 2 aromatic carbocycles. The minimum absolute atomic E-state index is 0.249. The summed E-state index contributed by atoms with van der Waals surface area (Å²) in [6.45, 7) is 4.43. The highest BCUT2D eigenvalue weighted by atomic mass is 16.3. The van der Waals surface area contributed by atoms with Crippen LogP contribution in [-0.4, -0.2) is 24.9 Å². The molecule has 0 radical (unpaired) electrons. The lowest BCUT2D eigenvalue weighted by molar-refractivity contribution is 0.475. The van der Waals surface area contributed by atoms with Crippen LogP contribution in [0.25, 0.3) is 5.65 Å². The van der Waals surface area contributed by atoms with Crippen molar-refractivity contribution in [3.8, 4) is 5.75 Å². The van der Waals surface area contributed by atoms with Crippen LogP contribution in [0.4, 0.5) is 11.5 Å². The van der Waals surface area contributed by atoms with Crippen molar-refractivity contribution in [2.24, 2.45) is 0 Å². The Labute approximate surface area is 163 Å². The number of benzene rings is 2. The van der Waals surface area contributed by atoms with Gasteiger partial charge in [-0.25, -0.2) is 0 Å². The second kappa shape index (κ2) is 7.68. The second-order valence-corrected chi connectivity index (χ2v) is 7.00. The molecule has 0 aliphatic carbocycles. The summed E-state index contributed by atoms with van der Waals surface area (Å²) in [5, 5.41) is 25.9. The summed E-state index contributed by atoms with van der Waals surface area (Å²) in [7, 11) is 0. The minimum atomic E-state index is 0.249. The van der Waals surface area contributed by atoms with Gasteiger partial charge < -0.3 is 10.4 Å². The Bertz CT molecular complexity index is 1070. The lowest BCUT2D eigenvalue weighted by atomic mass is 9.99. The Morgan fingerprint density at radius 1 is 0.964 bits per heavy atom. The molecule has 6 heteroatoms. The topological polar surface area (TPSA) is 75.3 Å². The highest BCUT2D eigenvalue weighted by molar-refractivity contribution is 5.57. The average Bonchev–Trinajstić information content (AvgIpc) is 3.12. The second-order valence-electron chi connectivity index (χ2n) is 7.00. The van der Waals surface area contributed by atoms with Gasteiger partial charge in [0.25, 0.3) is 0 Å². The van der Waals surface area contributed by atoms with Gasteiger partial charge in [0, 0.05) is 12.1 Å². The fourth-order valence-electron chi connectivity index (χ4n) is 3.09. The van der Waals surface area contributed by atoms with Crippen LogP contribution in [0.1, 0.15) is 43.1 Å². The zero-order valence-corrected chi connectivity index (χ0v) is 16.0. The lowest BCUT2D eigenvalue weighted by Crippen LogP contribution is -2.03. The summed E-state index contributed by atoms with van der Waals surface area (Å²) in [4.78, 5) is 0. The molecule has 4 aromatic rings. The summed E-state index contributed by atoms with van der Waals surface area (Å²) in [6.07, 6.45) is 1.71. The molecule has 0 bridgehead atoms. The van der Waals surface area contributed by atoms with Crippen molar-refractivity contribution in [2.75, 3.05) is 5.32 Å². The van der Waals surface area contributed by atoms with Gasteiger partial charge in [0.05, 0.1) is 0 Å². The monoisotopic (exact) mass is 373 g/mol. The first-order valence-electron chi connectivity index (χ1n) is 9.48. The number of aromatic nitrogens is 4. The van der Waals surface area contributed by atoms with E-state index in [4.69, 9.17) is 0 Å². The number of aromatic hydroxyl groups is 1. The molecule has 142 valence electrons. The molecule has 28 heavy (non-hydrogen) atoms. The third-order valence-electron chi connectivity index (χ3n) is 4.99. The summed E-state index contributed by atoms with van der Waals surface area (Å²) in [5.41, 5.74) is 4.07. The Morgan fingerprint density at radius 2 is 1.71 bits per heavy atom. The average molecular weight is 373 g/mol. The van der Waals surface area contributed by atoms with Crippen molar-refractivity contribution in [3.63, 3.8) is 0 Å². The van der Waals surface area contributed by atoms with E-state index in [0.29, 0.717) is 18.0 Å². The van der Waals surface area contributed by atoms with Crippen LogP contribution < -0.4 is 5.32 Å². The van der Waals surface area contributed by atoms with Crippen LogP contribution in [0.15, 0.2) is 60.7 Å². The predicted octanol–water partition coefficient (Wildman–Crippen LogP) is 4.68. The van der Waals surface area contributed by atoms with E-state index in [1.165, 1.54) is 5.56 Å². The molecule has 0 amide bonds. The molecule has 2 N–H and O–H groups in total. The number of nitrogens with zero attached hydrogens (tertiary/aromatic N) is 4. The van der Waals surface area contributed by atoms with E-state index in [2.05, 4.69) is 58.7 Å². The summed E-state index contributed by atoms with van der Waals surface area (Å²) in [5.74, 6) is 2.29. The van der Waals surface area contributed by atoms with E-state index in [1.807, 2.05) is 24.3 Å². The van der Waals surface area contributed by atoms with Crippen LogP contribution in [0.5, 0.6) is 5.75 Å². The minimum Gasteiger partial charge on any atom is -0.508 e. The summed E-state index contributed by atoms with van der Waals surface area (Å²) >= 11 is 0. The molecule has 0 aliphatic heterocycles. The normalized spacial score (nSPS) is 12.2. The molecule has 1 atom stereocenters. The van der Waals surface area contributed by atoms with E-state index in [-0.39, 0.29) is 5.75 Å². The van der Waals surface area contributed by atoms with Gasteiger partial charge in [0.15, 0.2) is 17.3 Å². The maximum absolute atomic E-state index is 9.44. The summed E-state index contributed by atoms with van der Waals surface area (Å²) < 4.78 is 1.75. The van der Waals surface area contributed by atoms with Crippen LogP contribution in [-0.2, 0) is 6.42 Å². The molecule has 0 fully saturated rings. The third kappa shape index (κ3) is 3.81. The first kappa shape index (κ1) is 18.0. The first-order valence-corrected chi connectivity index (χ1v) is 9.48. The molecule has 0 aliphatic rings. The van der Waals surface area contributed by atoms with Crippen molar-refractivity contribution in [2.45, 2.75) is 32.6 Å². The third-order valence-corrected chi connectivity index (χ3v) is 4.99. The highest BCUT2D eigenvalue weighted by Gasteiger charge is 2.09. The fourth-order valence-corrected chi connectivity index (χ4v) is 3.09. The lowest BCUT2D eigenvalue weighted by Gasteiger charge is -2.11. The molecule has 2 heterocycles. The number of phenols is 1. The number of phenolic OH excluding ortho intramolecular Hbond substituents is 1. The maximum Gasteiger partial charge on any atom is 0.178 e. The quantitative estimate of drug-likeness (QED) is 0.513. The number of nitrogens with one attached hydrogen (secondary N) is 1. The van der Waals surface area contributed by atoms with Gasteiger partial charge in [0.2, 0.25) is 0 Å². The molecule has 4 rings (SSSR count). The number of fused-ring (bicyclic) bond motifs is 1. The summed E-state index contributed by atoms with van der Waals surface area (Å²) in [6, 6.07) is 19.4. The van der Waals surface area contributed by atoms with Crippen molar-refractivity contribution >= 4 is 17.2 Å². The molecule has 0 saturated carbocycles. The maximum atomic E-state index is 9.44. The van der Waals surface area contributed by atoms with Gasteiger partial charge in [-0.2, -0.15) is 4.52 Å². The number of rotatable bonds is 6. The Morgan fingerprint density at radius 3 is 2.43 bits per heavy atom. The Balaban J connectivity index is 1.56. The molecular weight excluding hydrogens is 350 g/mol. The zero-order valence-electron chi connectivity index (χ0n) is 16.0. The molecule has 2 aromatic heterocycles. The molecule has 6 nitrogen and oxygen atoms in total. The highest BCUT2D eigenvalue weighted by Crippen LogP contribution is 2.22. The van der Waals surface area contributed by atoms with Gasteiger partial charge in [-0.3, -0.25) is 0 Å². The standard InChI is InChI=1S/C22H23N5O/c1-3-15(2)17-6-8-18(9-7-17)23-20-12-13-21-24-25-22(27(21)26-20)14-16-4-10-19(28)11-5-16/h4-13,15,28H,3,14H2,1-2H3,(H,23,26). The van der Waals surface area contributed by atoms with Crippen LogP contribution in [0.3, 0.4) is 0 Å². The smallest absolute Gasteiger partial charge is 0.178 e. The predicted molar refractivity (Wildman–Crippen MR) is 110 cm³/mol.